The molecule has 0 heterocycles. The summed E-state index contributed by atoms with van der Waals surface area (Å²) in [6, 6.07) is 7.73. The van der Waals surface area contributed by atoms with Crippen LogP contribution >= 0.6 is 0 Å². The minimum absolute atomic E-state index is 0.627. The Morgan fingerprint density at radius 1 is 1.38 bits per heavy atom. The van der Waals surface area contributed by atoms with Gasteiger partial charge in [0.25, 0.3) is 0 Å². The molecular weight excluding hydrogens is 160 g/mol. The third-order valence-electron chi connectivity index (χ3n) is 2.01. The Bertz CT molecular complexity index is 308. The van der Waals surface area contributed by atoms with Crippen LogP contribution in [0.2, 0.25) is 0 Å². The second-order valence-electron chi connectivity index (χ2n) is 3.09. The third kappa shape index (κ3) is 2.30. The van der Waals surface area contributed by atoms with E-state index in [0.717, 1.165) is 5.56 Å². The summed E-state index contributed by atoms with van der Waals surface area (Å²) in [7, 11) is 0. The summed E-state index contributed by atoms with van der Waals surface area (Å²) in [5.74, 6) is 0. The lowest BCUT2D eigenvalue weighted by atomic mass is 10.0. The molecule has 68 valence electrons. The van der Waals surface area contributed by atoms with E-state index in [1.165, 1.54) is 5.56 Å². The lowest BCUT2D eigenvalue weighted by Crippen LogP contribution is -1.98. The maximum absolute atomic E-state index is 9.71. The van der Waals surface area contributed by atoms with Crippen LogP contribution in [0.15, 0.2) is 49.1 Å². The van der Waals surface area contributed by atoms with Crippen LogP contribution in [0.25, 0.3) is 0 Å². The largest absolute Gasteiger partial charge is 0.384 e. The lowest BCUT2D eigenvalue weighted by molar-refractivity contribution is 0.220. The summed E-state index contributed by atoms with van der Waals surface area (Å²) in [5, 5.41) is 9.71. The first kappa shape index (κ1) is 9.75. The molecule has 1 heteroatoms. The lowest BCUT2D eigenvalue weighted by Gasteiger charge is -2.10. The highest BCUT2D eigenvalue weighted by molar-refractivity contribution is 5.31. The predicted octanol–water partition coefficient (Wildman–Crippen LogP) is 2.77. The SMILES string of the molecule is C=CC(=C)[C@H](O)c1ccc(C)cc1. The van der Waals surface area contributed by atoms with Crippen molar-refractivity contribution in [2.24, 2.45) is 0 Å². The molecule has 1 N–H and O–H groups in total. The second kappa shape index (κ2) is 4.06. The van der Waals surface area contributed by atoms with Gasteiger partial charge in [-0.15, -0.1) is 0 Å². The molecule has 1 aromatic carbocycles. The van der Waals surface area contributed by atoms with Gasteiger partial charge in [0, 0.05) is 0 Å². The van der Waals surface area contributed by atoms with Gasteiger partial charge in [-0.2, -0.15) is 0 Å². The zero-order valence-corrected chi connectivity index (χ0v) is 7.83. The minimum atomic E-state index is -0.627. The Morgan fingerprint density at radius 3 is 2.38 bits per heavy atom. The molecule has 1 nitrogen and oxygen atoms in total. The summed E-state index contributed by atoms with van der Waals surface area (Å²) in [6.45, 7) is 9.28. The van der Waals surface area contributed by atoms with Crippen molar-refractivity contribution in [2.75, 3.05) is 0 Å². The van der Waals surface area contributed by atoms with Crippen LogP contribution in [0.4, 0.5) is 0 Å². The van der Waals surface area contributed by atoms with E-state index < -0.39 is 6.10 Å². The molecule has 13 heavy (non-hydrogen) atoms. The van der Waals surface area contributed by atoms with E-state index >= 15 is 0 Å². The zero-order chi connectivity index (χ0) is 9.84. The van der Waals surface area contributed by atoms with Gasteiger partial charge in [-0.05, 0) is 18.1 Å². The Balaban J connectivity index is 2.89. The number of rotatable bonds is 3. The van der Waals surface area contributed by atoms with E-state index in [2.05, 4.69) is 13.2 Å². The van der Waals surface area contributed by atoms with Crippen LogP contribution in [0.3, 0.4) is 0 Å². The normalized spacial score (nSPS) is 12.2. The van der Waals surface area contributed by atoms with Gasteiger partial charge in [0.15, 0.2) is 0 Å². The molecule has 0 saturated heterocycles. The summed E-state index contributed by atoms with van der Waals surface area (Å²) in [4.78, 5) is 0. The van der Waals surface area contributed by atoms with Crippen molar-refractivity contribution < 1.29 is 5.11 Å². The minimum Gasteiger partial charge on any atom is -0.384 e. The summed E-state index contributed by atoms with van der Waals surface area (Å²) in [6.07, 6.45) is 0.947. The van der Waals surface area contributed by atoms with Crippen LogP contribution in [-0.4, -0.2) is 5.11 Å². The van der Waals surface area contributed by atoms with Crippen molar-refractivity contribution in [1.82, 2.24) is 0 Å². The topological polar surface area (TPSA) is 20.2 Å². The molecule has 0 saturated carbocycles. The maximum atomic E-state index is 9.71. The number of hydrogen-bond donors (Lipinski definition) is 1. The Morgan fingerprint density at radius 2 is 1.92 bits per heavy atom. The second-order valence-corrected chi connectivity index (χ2v) is 3.09. The van der Waals surface area contributed by atoms with Gasteiger partial charge < -0.3 is 5.11 Å². The van der Waals surface area contributed by atoms with Crippen LogP contribution < -0.4 is 0 Å². The molecule has 0 radical (unpaired) electrons. The first-order valence-electron chi connectivity index (χ1n) is 4.21. The molecule has 0 aliphatic carbocycles. The number of aliphatic hydroxyl groups excluding tert-OH is 1. The standard InChI is InChI=1S/C12H14O/c1-4-10(3)12(13)11-7-5-9(2)6-8-11/h4-8,12-13H,1,3H2,2H3/t12-/m0/s1. The van der Waals surface area contributed by atoms with E-state index in [1.54, 1.807) is 6.08 Å². The number of benzene rings is 1. The van der Waals surface area contributed by atoms with Crippen molar-refractivity contribution in [3.05, 3.63) is 60.2 Å². The Kier molecular flexibility index (Phi) is 3.04. The molecule has 0 unspecified atom stereocenters. The molecular formula is C12H14O. The van der Waals surface area contributed by atoms with E-state index in [4.69, 9.17) is 0 Å². The highest BCUT2D eigenvalue weighted by atomic mass is 16.3. The molecule has 0 aliphatic heterocycles. The highest BCUT2D eigenvalue weighted by Gasteiger charge is 2.07. The molecule has 0 spiro atoms. The Labute approximate surface area is 79.0 Å². The zero-order valence-electron chi connectivity index (χ0n) is 7.83. The summed E-state index contributed by atoms with van der Waals surface area (Å²) < 4.78 is 0. The third-order valence-corrected chi connectivity index (χ3v) is 2.01. The average molecular weight is 174 g/mol. The smallest absolute Gasteiger partial charge is 0.103 e. The number of hydrogen-bond acceptors (Lipinski definition) is 1. The molecule has 1 rings (SSSR count). The highest BCUT2D eigenvalue weighted by Crippen LogP contribution is 2.20. The fourth-order valence-corrected chi connectivity index (χ4v) is 1.07. The van der Waals surface area contributed by atoms with Crippen molar-refractivity contribution in [2.45, 2.75) is 13.0 Å². The van der Waals surface area contributed by atoms with Crippen LogP contribution in [0.1, 0.15) is 17.2 Å². The van der Waals surface area contributed by atoms with Crippen molar-refractivity contribution >= 4 is 0 Å². The molecule has 0 bridgehead atoms. The molecule has 1 aromatic rings. The van der Waals surface area contributed by atoms with Crippen molar-refractivity contribution in [3.63, 3.8) is 0 Å². The summed E-state index contributed by atoms with van der Waals surface area (Å²) in [5.41, 5.74) is 2.67. The van der Waals surface area contributed by atoms with E-state index in [0.29, 0.717) is 5.57 Å². The molecule has 0 fully saturated rings. The maximum Gasteiger partial charge on any atom is 0.103 e. The quantitative estimate of drug-likeness (QED) is 0.698. The monoisotopic (exact) mass is 174 g/mol. The van der Waals surface area contributed by atoms with E-state index in [1.807, 2.05) is 31.2 Å². The van der Waals surface area contributed by atoms with Gasteiger partial charge in [0.2, 0.25) is 0 Å². The fraction of sp³-hybridized carbons (Fsp3) is 0.167. The van der Waals surface area contributed by atoms with Crippen LogP contribution in [-0.2, 0) is 0 Å². The molecule has 0 amide bonds. The number of aliphatic hydroxyl groups is 1. The molecule has 0 aromatic heterocycles. The van der Waals surface area contributed by atoms with Gasteiger partial charge in [-0.3, -0.25) is 0 Å². The predicted molar refractivity (Wildman–Crippen MR) is 55.5 cm³/mol. The van der Waals surface area contributed by atoms with E-state index in [-0.39, 0.29) is 0 Å². The average Bonchev–Trinajstić information content (AvgIpc) is 2.17. The Hall–Kier alpha value is -1.34. The fourth-order valence-electron chi connectivity index (χ4n) is 1.07. The first-order valence-corrected chi connectivity index (χ1v) is 4.21. The van der Waals surface area contributed by atoms with Gasteiger partial charge in [0.1, 0.15) is 6.10 Å². The van der Waals surface area contributed by atoms with Gasteiger partial charge in [-0.25, -0.2) is 0 Å². The van der Waals surface area contributed by atoms with Gasteiger partial charge >= 0.3 is 0 Å². The first-order chi connectivity index (χ1) is 6.15. The van der Waals surface area contributed by atoms with Gasteiger partial charge in [-0.1, -0.05) is 49.1 Å². The van der Waals surface area contributed by atoms with Crippen LogP contribution in [0, 0.1) is 6.92 Å². The number of aryl methyl sites for hydroxylation is 1. The van der Waals surface area contributed by atoms with Gasteiger partial charge in [0.05, 0.1) is 0 Å². The molecule has 0 aliphatic rings. The molecule has 1 atom stereocenters. The van der Waals surface area contributed by atoms with Crippen LogP contribution in [0.5, 0.6) is 0 Å². The summed E-state index contributed by atoms with van der Waals surface area (Å²) >= 11 is 0. The van der Waals surface area contributed by atoms with E-state index in [9.17, 15) is 5.11 Å². The van der Waals surface area contributed by atoms with Crippen molar-refractivity contribution in [1.29, 1.82) is 0 Å². The van der Waals surface area contributed by atoms with Crippen molar-refractivity contribution in [3.8, 4) is 0 Å².